The van der Waals surface area contributed by atoms with Gasteiger partial charge in [-0.25, -0.2) is 15.8 Å². The second-order valence-electron chi connectivity index (χ2n) is 4.31. The maximum Gasteiger partial charge on any atom is 0.158 e. The fourth-order valence-electron chi connectivity index (χ4n) is 1.70. The molecule has 0 spiro atoms. The van der Waals surface area contributed by atoms with Crippen LogP contribution in [0.4, 0.5) is 11.6 Å². The standard InChI is InChI=1S/C12H23N5O2/c1-17(6-4-3-5-7-18)12-8-10(16-13)14-11(15-12)9-19-2/h8,18H,3-7,9,13H2,1-2H3,(H,14,15,16). The van der Waals surface area contributed by atoms with Crippen LogP contribution in [0.2, 0.25) is 0 Å². The average Bonchev–Trinajstić information content (AvgIpc) is 2.43. The van der Waals surface area contributed by atoms with E-state index in [1.54, 1.807) is 13.2 Å². The second kappa shape index (κ2) is 8.63. The number of aliphatic hydroxyl groups is 1. The van der Waals surface area contributed by atoms with Crippen molar-refractivity contribution >= 4 is 11.6 Å². The van der Waals surface area contributed by atoms with Crippen molar-refractivity contribution < 1.29 is 9.84 Å². The third-order valence-electron chi connectivity index (χ3n) is 2.72. The topological polar surface area (TPSA) is 96.5 Å². The van der Waals surface area contributed by atoms with Crippen LogP contribution >= 0.6 is 0 Å². The molecule has 0 amide bonds. The van der Waals surface area contributed by atoms with E-state index >= 15 is 0 Å². The lowest BCUT2D eigenvalue weighted by atomic mass is 10.2. The molecule has 1 aromatic rings. The number of aromatic nitrogens is 2. The van der Waals surface area contributed by atoms with Crippen LogP contribution in [0, 0.1) is 0 Å². The van der Waals surface area contributed by atoms with E-state index in [1.165, 1.54) is 0 Å². The van der Waals surface area contributed by atoms with Gasteiger partial charge in [0.15, 0.2) is 5.82 Å². The highest BCUT2D eigenvalue weighted by atomic mass is 16.5. The molecule has 0 aliphatic heterocycles. The van der Waals surface area contributed by atoms with Gasteiger partial charge in [0, 0.05) is 33.4 Å². The monoisotopic (exact) mass is 269 g/mol. The van der Waals surface area contributed by atoms with Gasteiger partial charge in [0.05, 0.1) is 0 Å². The number of unbranched alkanes of at least 4 members (excludes halogenated alkanes) is 2. The van der Waals surface area contributed by atoms with Gasteiger partial charge < -0.3 is 20.2 Å². The first-order chi connectivity index (χ1) is 9.21. The second-order valence-corrected chi connectivity index (χ2v) is 4.31. The van der Waals surface area contributed by atoms with Crippen LogP contribution in [0.25, 0.3) is 0 Å². The summed E-state index contributed by atoms with van der Waals surface area (Å²) < 4.78 is 5.04. The zero-order valence-electron chi connectivity index (χ0n) is 11.6. The molecule has 7 heteroatoms. The Morgan fingerprint density at radius 1 is 1.37 bits per heavy atom. The Balaban J connectivity index is 2.66. The van der Waals surface area contributed by atoms with Crippen molar-refractivity contribution in [1.82, 2.24) is 9.97 Å². The van der Waals surface area contributed by atoms with Gasteiger partial charge >= 0.3 is 0 Å². The van der Waals surface area contributed by atoms with E-state index in [1.807, 2.05) is 11.9 Å². The summed E-state index contributed by atoms with van der Waals surface area (Å²) >= 11 is 0. The van der Waals surface area contributed by atoms with E-state index in [0.717, 1.165) is 31.6 Å². The number of rotatable bonds is 9. The Labute approximate surface area is 113 Å². The van der Waals surface area contributed by atoms with Gasteiger partial charge in [-0.3, -0.25) is 0 Å². The Morgan fingerprint density at radius 2 is 2.16 bits per heavy atom. The number of nitrogens with one attached hydrogen (secondary N) is 1. The van der Waals surface area contributed by atoms with Gasteiger partial charge in [-0.2, -0.15) is 0 Å². The summed E-state index contributed by atoms with van der Waals surface area (Å²) in [6, 6.07) is 1.80. The van der Waals surface area contributed by atoms with Crippen LogP contribution in [-0.2, 0) is 11.3 Å². The number of hydrogen-bond donors (Lipinski definition) is 3. The van der Waals surface area contributed by atoms with Crippen molar-refractivity contribution in [3.05, 3.63) is 11.9 Å². The summed E-state index contributed by atoms with van der Waals surface area (Å²) in [6.07, 6.45) is 2.84. The largest absolute Gasteiger partial charge is 0.396 e. The summed E-state index contributed by atoms with van der Waals surface area (Å²) in [6.45, 7) is 1.46. The third kappa shape index (κ3) is 5.37. The summed E-state index contributed by atoms with van der Waals surface area (Å²) in [4.78, 5) is 10.7. The molecule has 1 heterocycles. The Morgan fingerprint density at radius 3 is 2.79 bits per heavy atom. The molecule has 108 valence electrons. The minimum absolute atomic E-state index is 0.246. The van der Waals surface area contributed by atoms with Crippen molar-refractivity contribution in [2.75, 3.05) is 37.6 Å². The van der Waals surface area contributed by atoms with Crippen LogP contribution in [0.15, 0.2) is 6.07 Å². The molecule has 7 nitrogen and oxygen atoms in total. The molecule has 0 fully saturated rings. The normalized spacial score (nSPS) is 10.5. The van der Waals surface area contributed by atoms with Gasteiger partial charge in [0.2, 0.25) is 0 Å². The first kappa shape index (κ1) is 15.6. The number of hydrogen-bond acceptors (Lipinski definition) is 7. The predicted molar refractivity (Wildman–Crippen MR) is 74.8 cm³/mol. The van der Waals surface area contributed by atoms with Crippen molar-refractivity contribution in [2.24, 2.45) is 5.84 Å². The molecule has 0 unspecified atom stereocenters. The van der Waals surface area contributed by atoms with Crippen LogP contribution in [0.3, 0.4) is 0 Å². The van der Waals surface area contributed by atoms with Gasteiger partial charge in [-0.15, -0.1) is 0 Å². The molecule has 0 saturated heterocycles. The van der Waals surface area contributed by atoms with E-state index in [9.17, 15) is 0 Å². The Hall–Kier alpha value is -1.44. The van der Waals surface area contributed by atoms with E-state index in [2.05, 4.69) is 15.4 Å². The molecule has 0 aromatic carbocycles. The molecule has 1 rings (SSSR count). The van der Waals surface area contributed by atoms with Crippen LogP contribution < -0.4 is 16.2 Å². The van der Waals surface area contributed by atoms with Crippen molar-refractivity contribution in [3.63, 3.8) is 0 Å². The minimum atomic E-state index is 0.246. The number of nitrogens with zero attached hydrogens (tertiary/aromatic N) is 3. The van der Waals surface area contributed by atoms with Crippen LogP contribution in [-0.4, -0.2) is 42.4 Å². The molecular formula is C12H23N5O2. The first-order valence-corrected chi connectivity index (χ1v) is 6.36. The third-order valence-corrected chi connectivity index (χ3v) is 2.72. The molecule has 0 aliphatic carbocycles. The highest BCUT2D eigenvalue weighted by molar-refractivity contribution is 5.48. The smallest absolute Gasteiger partial charge is 0.158 e. The number of nitrogens with two attached hydrogens (primary N) is 1. The number of hydrazine groups is 1. The van der Waals surface area contributed by atoms with E-state index in [4.69, 9.17) is 15.7 Å². The number of methoxy groups -OCH3 is 1. The Bertz CT molecular complexity index is 375. The summed E-state index contributed by atoms with van der Waals surface area (Å²) in [7, 11) is 3.57. The highest BCUT2D eigenvalue weighted by Crippen LogP contribution is 2.15. The minimum Gasteiger partial charge on any atom is -0.396 e. The molecule has 0 saturated carbocycles. The number of nitrogen functional groups attached to an aromatic ring is 1. The van der Waals surface area contributed by atoms with Gasteiger partial charge in [-0.05, 0) is 19.3 Å². The van der Waals surface area contributed by atoms with Crippen molar-refractivity contribution in [2.45, 2.75) is 25.9 Å². The fourth-order valence-corrected chi connectivity index (χ4v) is 1.70. The van der Waals surface area contributed by atoms with Crippen molar-refractivity contribution in [3.8, 4) is 0 Å². The van der Waals surface area contributed by atoms with Gasteiger partial charge in [0.1, 0.15) is 18.2 Å². The van der Waals surface area contributed by atoms with E-state index in [-0.39, 0.29) is 6.61 Å². The van der Waals surface area contributed by atoms with Gasteiger partial charge in [0.25, 0.3) is 0 Å². The van der Waals surface area contributed by atoms with E-state index in [0.29, 0.717) is 18.2 Å². The summed E-state index contributed by atoms with van der Waals surface area (Å²) in [5, 5.41) is 8.74. The lowest BCUT2D eigenvalue weighted by molar-refractivity contribution is 0.178. The average molecular weight is 269 g/mol. The SMILES string of the molecule is COCc1nc(NN)cc(N(C)CCCCCO)n1. The lowest BCUT2D eigenvalue weighted by Crippen LogP contribution is -2.21. The number of aliphatic hydroxyl groups excluding tert-OH is 1. The Kier molecular flexibility index (Phi) is 7.09. The molecular weight excluding hydrogens is 246 g/mol. The van der Waals surface area contributed by atoms with Gasteiger partial charge in [-0.1, -0.05) is 0 Å². The maximum absolute atomic E-state index is 8.74. The molecule has 0 bridgehead atoms. The summed E-state index contributed by atoms with van der Waals surface area (Å²) in [5.74, 6) is 7.36. The van der Waals surface area contributed by atoms with Crippen molar-refractivity contribution in [1.29, 1.82) is 0 Å². The molecule has 19 heavy (non-hydrogen) atoms. The highest BCUT2D eigenvalue weighted by Gasteiger charge is 2.08. The molecule has 0 aliphatic rings. The lowest BCUT2D eigenvalue weighted by Gasteiger charge is -2.19. The predicted octanol–water partition coefficient (Wildman–Crippen LogP) is 0.507. The molecule has 0 atom stereocenters. The molecule has 1 aromatic heterocycles. The number of anilines is 2. The van der Waals surface area contributed by atoms with Crippen LogP contribution in [0.5, 0.6) is 0 Å². The quantitative estimate of drug-likeness (QED) is 0.341. The van der Waals surface area contributed by atoms with E-state index < -0.39 is 0 Å². The number of ether oxygens (including phenoxy) is 1. The fraction of sp³-hybridized carbons (Fsp3) is 0.667. The van der Waals surface area contributed by atoms with Crippen LogP contribution in [0.1, 0.15) is 25.1 Å². The maximum atomic E-state index is 8.74. The molecule has 4 N–H and O–H groups in total. The molecule has 0 radical (unpaired) electrons. The zero-order valence-corrected chi connectivity index (χ0v) is 11.6. The first-order valence-electron chi connectivity index (χ1n) is 6.36. The summed E-state index contributed by atoms with van der Waals surface area (Å²) in [5.41, 5.74) is 2.53. The zero-order chi connectivity index (χ0) is 14.1.